The van der Waals surface area contributed by atoms with Crippen LogP contribution in [0.4, 0.5) is 5.69 Å². The van der Waals surface area contributed by atoms with Crippen molar-refractivity contribution < 1.29 is 14.6 Å². The Kier molecular flexibility index (Phi) is 6.92. The van der Waals surface area contributed by atoms with E-state index in [4.69, 9.17) is 9.47 Å². The number of benzene rings is 1. The molecule has 0 spiro atoms. The number of aliphatic hydroxyl groups excluding tert-OH is 1. The summed E-state index contributed by atoms with van der Waals surface area (Å²) in [6.07, 6.45) is 6.94. The number of methoxy groups -OCH3 is 2. The molecule has 2 aliphatic rings. The van der Waals surface area contributed by atoms with Crippen molar-refractivity contribution in [2.75, 3.05) is 32.2 Å². The van der Waals surface area contributed by atoms with Crippen LogP contribution < -0.4 is 10.2 Å². The topological polar surface area (TPSA) is 54.0 Å². The summed E-state index contributed by atoms with van der Waals surface area (Å²) in [4.78, 5) is 2.32. The normalized spacial score (nSPS) is 26.1. The first-order valence-corrected chi connectivity index (χ1v) is 9.97. The molecule has 1 heterocycles. The van der Waals surface area contributed by atoms with Crippen molar-refractivity contribution in [3.8, 4) is 0 Å². The van der Waals surface area contributed by atoms with Crippen LogP contribution in [0.3, 0.4) is 0 Å². The maximum Gasteiger partial charge on any atom is 0.182 e. The van der Waals surface area contributed by atoms with Gasteiger partial charge >= 0.3 is 0 Å². The van der Waals surface area contributed by atoms with Gasteiger partial charge in [-0.25, -0.2) is 0 Å². The SMILES string of the molecule is COC(O)c1cc(C)ccc1N1CCC(NC2CCCCC2)C(OC)C1. The average Bonchev–Trinajstić information content (AvgIpc) is 2.68. The molecule has 5 heteroatoms. The standard InChI is InChI=1S/C21H34N2O3/c1-15-9-10-19(17(13-15)21(24)26-3)23-12-11-18(20(14-23)25-2)22-16-7-5-4-6-8-16/h9-10,13,16,18,20-22,24H,4-8,11-12,14H2,1-3H3. The molecule has 5 nitrogen and oxygen atoms in total. The molecule has 3 rings (SSSR count). The number of nitrogens with zero attached hydrogens (tertiary/aromatic N) is 1. The van der Waals surface area contributed by atoms with Gasteiger partial charge in [-0.1, -0.05) is 30.9 Å². The van der Waals surface area contributed by atoms with Gasteiger partial charge in [0.25, 0.3) is 0 Å². The van der Waals surface area contributed by atoms with E-state index < -0.39 is 6.29 Å². The average molecular weight is 363 g/mol. The second kappa shape index (κ2) is 9.18. The van der Waals surface area contributed by atoms with Crippen LogP contribution >= 0.6 is 0 Å². The van der Waals surface area contributed by atoms with E-state index in [1.165, 1.54) is 39.2 Å². The van der Waals surface area contributed by atoms with Gasteiger partial charge in [-0.3, -0.25) is 0 Å². The van der Waals surface area contributed by atoms with Crippen molar-refractivity contribution in [3.63, 3.8) is 0 Å². The summed E-state index contributed by atoms with van der Waals surface area (Å²) in [7, 11) is 3.35. The van der Waals surface area contributed by atoms with Gasteiger partial charge in [-0.2, -0.15) is 0 Å². The number of hydrogen-bond donors (Lipinski definition) is 2. The molecule has 26 heavy (non-hydrogen) atoms. The highest BCUT2D eigenvalue weighted by Crippen LogP contribution is 2.31. The number of piperidine rings is 1. The van der Waals surface area contributed by atoms with E-state index in [-0.39, 0.29) is 6.10 Å². The minimum Gasteiger partial charge on any atom is -0.378 e. The van der Waals surface area contributed by atoms with E-state index in [9.17, 15) is 5.11 Å². The van der Waals surface area contributed by atoms with Crippen molar-refractivity contribution in [2.45, 2.75) is 69.9 Å². The first-order chi connectivity index (χ1) is 12.6. The molecule has 1 aromatic rings. The monoisotopic (exact) mass is 362 g/mol. The Balaban J connectivity index is 1.70. The van der Waals surface area contributed by atoms with Gasteiger partial charge in [0.1, 0.15) is 0 Å². The molecule has 0 amide bonds. The largest absolute Gasteiger partial charge is 0.378 e. The predicted octanol–water partition coefficient (Wildman–Crippen LogP) is 3.15. The molecule has 0 bridgehead atoms. The third-order valence-electron chi connectivity index (χ3n) is 5.93. The third-order valence-corrected chi connectivity index (χ3v) is 5.93. The Labute approximate surface area is 157 Å². The highest BCUT2D eigenvalue weighted by atomic mass is 16.6. The summed E-state index contributed by atoms with van der Waals surface area (Å²) in [6, 6.07) is 7.24. The Hall–Kier alpha value is -1.14. The summed E-state index contributed by atoms with van der Waals surface area (Å²) in [5.74, 6) is 0. The van der Waals surface area contributed by atoms with E-state index in [1.807, 2.05) is 20.1 Å². The van der Waals surface area contributed by atoms with Crippen LogP contribution in [0, 0.1) is 6.92 Å². The minimum absolute atomic E-state index is 0.152. The summed E-state index contributed by atoms with van der Waals surface area (Å²) < 4.78 is 11.0. The van der Waals surface area contributed by atoms with Crippen LogP contribution in [0.2, 0.25) is 0 Å². The number of aliphatic hydroxyl groups is 1. The van der Waals surface area contributed by atoms with Gasteiger partial charge in [0, 0.05) is 50.6 Å². The zero-order valence-electron chi connectivity index (χ0n) is 16.4. The lowest BCUT2D eigenvalue weighted by Gasteiger charge is -2.42. The number of rotatable bonds is 6. The Morgan fingerprint density at radius 2 is 1.92 bits per heavy atom. The van der Waals surface area contributed by atoms with E-state index in [0.717, 1.165) is 36.3 Å². The molecule has 1 aromatic carbocycles. The van der Waals surface area contributed by atoms with Gasteiger partial charge in [0.05, 0.1) is 6.10 Å². The van der Waals surface area contributed by atoms with Gasteiger partial charge in [0.2, 0.25) is 0 Å². The lowest BCUT2D eigenvalue weighted by molar-refractivity contribution is -0.0767. The smallest absolute Gasteiger partial charge is 0.182 e. The van der Waals surface area contributed by atoms with Crippen LogP contribution in [0.5, 0.6) is 0 Å². The summed E-state index contributed by atoms with van der Waals surface area (Å²) in [5.41, 5.74) is 3.00. The van der Waals surface area contributed by atoms with E-state index >= 15 is 0 Å². The number of aryl methyl sites for hydroxylation is 1. The highest BCUT2D eigenvalue weighted by molar-refractivity contribution is 5.56. The van der Waals surface area contributed by atoms with E-state index in [2.05, 4.69) is 22.3 Å². The molecule has 3 unspecified atom stereocenters. The first kappa shape index (κ1) is 19.6. The number of anilines is 1. The van der Waals surface area contributed by atoms with Crippen molar-refractivity contribution in [3.05, 3.63) is 29.3 Å². The molecule has 146 valence electrons. The van der Waals surface area contributed by atoms with Crippen LogP contribution in [0.1, 0.15) is 55.9 Å². The molecular formula is C21H34N2O3. The molecule has 2 N–H and O–H groups in total. The highest BCUT2D eigenvalue weighted by Gasteiger charge is 2.32. The summed E-state index contributed by atoms with van der Waals surface area (Å²) >= 11 is 0. The number of ether oxygens (including phenoxy) is 2. The summed E-state index contributed by atoms with van der Waals surface area (Å²) in [5, 5.41) is 14.1. The second-order valence-electron chi connectivity index (χ2n) is 7.77. The zero-order chi connectivity index (χ0) is 18.5. The predicted molar refractivity (Wildman–Crippen MR) is 105 cm³/mol. The molecule has 1 aliphatic heterocycles. The van der Waals surface area contributed by atoms with Crippen LogP contribution in [0.25, 0.3) is 0 Å². The van der Waals surface area contributed by atoms with Gasteiger partial charge in [-0.15, -0.1) is 0 Å². The molecular weight excluding hydrogens is 328 g/mol. The maximum absolute atomic E-state index is 10.3. The molecule has 2 fully saturated rings. The van der Waals surface area contributed by atoms with Crippen LogP contribution in [0.15, 0.2) is 18.2 Å². The first-order valence-electron chi connectivity index (χ1n) is 9.97. The zero-order valence-corrected chi connectivity index (χ0v) is 16.4. The lowest BCUT2D eigenvalue weighted by Crippen LogP contribution is -2.56. The third kappa shape index (κ3) is 4.58. The van der Waals surface area contributed by atoms with Crippen molar-refractivity contribution >= 4 is 5.69 Å². The fourth-order valence-electron chi connectivity index (χ4n) is 4.42. The van der Waals surface area contributed by atoms with Crippen molar-refractivity contribution in [1.29, 1.82) is 0 Å². The molecule has 1 aliphatic carbocycles. The number of nitrogens with one attached hydrogen (secondary N) is 1. The Morgan fingerprint density at radius 3 is 2.62 bits per heavy atom. The Bertz CT molecular complexity index is 574. The van der Waals surface area contributed by atoms with Gasteiger partial charge < -0.3 is 24.8 Å². The fourth-order valence-corrected chi connectivity index (χ4v) is 4.42. The summed E-state index contributed by atoms with van der Waals surface area (Å²) in [6.45, 7) is 3.82. The number of hydrogen-bond acceptors (Lipinski definition) is 5. The van der Waals surface area contributed by atoms with Crippen molar-refractivity contribution in [2.24, 2.45) is 0 Å². The minimum atomic E-state index is -0.899. The van der Waals surface area contributed by atoms with E-state index in [1.54, 1.807) is 0 Å². The molecule has 1 saturated carbocycles. The van der Waals surface area contributed by atoms with Crippen molar-refractivity contribution in [1.82, 2.24) is 5.32 Å². The molecule has 1 saturated heterocycles. The van der Waals surface area contributed by atoms with Gasteiger partial charge in [0.15, 0.2) is 6.29 Å². The maximum atomic E-state index is 10.3. The van der Waals surface area contributed by atoms with Crippen LogP contribution in [-0.4, -0.2) is 50.6 Å². The fraction of sp³-hybridized carbons (Fsp3) is 0.714. The second-order valence-corrected chi connectivity index (χ2v) is 7.77. The Morgan fingerprint density at radius 1 is 1.15 bits per heavy atom. The quantitative estimate of drug-likeness (QED) is 0.762. The van der Waals surface area contributed by atoms with Crippen LogP contribution in [-0.2, 0) is 9.47 Å². The molecule has 0 radical (unpaired) electrons. The molecule has 0 aromatic heterocycles. The van der Waals surface area contributed by atoms with E-state index in [0.29, 0.717) is 12.1 Å². The lowest BCUT2D eigenvalue weighted by atomic mass is 9.92. The van der Waals surface area contributed by atoms with Gasteiger partial charge in [-0.05, 0) is 38.3 Å². The molecule has 3 atom stereocenters.